The van der Waals surface area contributed by atoms with Crippen molar-refractivity contribution in [3.63, 3.8) is 0 Å². The number of aromatic nitrogens is 2. The second-order valence-corrected chi connectivity index (χ2v) is 8.03. The Morgan fingerprint density at radius 3 is 2.78 bits per heavy atom. The molecule has 0 spiro atoms. The summed E-state index contributed by atoms with van der Waals surface area (Å²) in [5.41, 5.74) is 2.95. The average Bonchev–Trinajstić information content (AvgIpc) is 3.07. The van der Waals surface area contributed by atoms with Crippen molar-refractivity contribution in [2.75, 3.05) is 18.5 Å². The molecule has 2 aromatic rings. The lowest BCUT2D eigenvalue weighted by atomic mass is 9.92. The molecule has 27 heavy (non-hydrogen) atoms. The molecule has 4 rings (SSSR count). The van der Waals surface area contributed by atoms with Gasteiger partial charge in [0.25, 0.3) is 0 Å². The molecule has 0 saturated heterocycles. The maximum absolute atomic E-state index is 12.5. The number of fused-ring (bicyclic) bond motifs is 2. The summed E-state index contributed by atoms with van der Waals surface area (Å²) >= 11 is 0. The summed E-state index contributed by atoms with van der Waals surface area (Å²) in [5.74, 6) is 1.36. The molecule has 1 aliphatic carbocycles. The molecular formula is C20H26N4O3. The predicted molar refractivity (Wildman–Crippen MR) is 102 cm³/mol. The van der Waals surface area contributed by atoms with Gasteiger partial charge in [0.1, 0.15) is 13.2 Å². The highest BCUT2D eigenvalue weighted by Crippen LogP contribution is 2.34. The Bertz CT molecular complexity index is 853. The molecule has 0 radical (unpaired) electrons. The summed E-state index contributed by atoms with van der Waals surface area (Å²) in [4.78, 5) is 12.5. The summed E-state index contributed by atoms with van der Waals surface area (Å²) < 4.78 is 13.2. The lowest BCUT2D eigenvalue weighted by Crippen LogP contribution is -2.35. The molecule has 0 saturated carbocycles. The average molecular weight is 370 g/mol. The van der Waals surface area contributed by atoms with Crippen molar-refractivity contribution in [3.05, 3.63) is 35.7 Å². The molecule has 2 heterocycles. The van der Waals surface area contributed by atoms with Gasteiger partial charge in [0.2, 0.25) is 0 Å². The van der Waals surface area contributed by atoms with E-state index in [1.54, 1.807) is 6.07 Å². The second-order valence-electron chi connectivity index (χ2n) is 8.03. The van der Waals surface area contributed by atoms with Gasteiger partial charge < -0.3 is 20.1 Å². The first kappa shape index (κ1) is 17.7. The number of carbonyl (C=O) groups is 1. The minimum absolute atomic E-state index is 0.0259. The molecule has 2 amide bonds. The molecule has 1 aliphatic heterocycles. The number of ether oxygens (including phenoxy) is 2. The molecule has 7 nitrogen and oxygen atoms in total. The van der Waals surface area contributed by atoms with Crippen LogP contribution in [0.1, 0.15) is 50.9 Å². The van der Waals surface area contributed by atoms with Gasteiger partial charge in [0.15, 0.2) is 11.5 Å². The Kier molecular flexibility index (Phi) is 4.45. The standard InChI is InChI=1S/C20H26N4O3/c1-20(2,3)24-16-6-4-5-15(14(16)12-21-24)23-19(25)22-13-7-8-17-18(11-13)27-10-9-26-17/h7-8,11-12,15H,4-6,9-10H2,1-3H3,(H2,22,23,25)/t15-/m0/s1. The fourth-order valence-electron chi connectivity index (χ4n) is 3.73. The van der Waals surface area contributed by atoms with Gasteiger partial charge in [-0.3, -0.25) is 4.68 Å². The highest BCUT2D eigenvalue weighted by atomic mass is 16.6. The van der Waals surface area contributed by atoms with Gasteiger partial charge in [0.05, 0.1) is 17.8 Å². The Morgan fingerprint density at radius 2 is 2.00 bits per heavy atom. The largest absolute Gasteiger partial charge is 0.486 e. The zero-order chi connectivity index (χ0) is 19.0. The van der Waals surface area contributed by atoms with E-state index in [1.807, 2.05) is 18.3 Å². The Balaban J connectivity index is 1.46. The molecule has 0 unspecified atom stereocenters. The first-order chi connectivity index (χ1) is 12.9. The van der Waals surface area contributed by atoms with Gasteiger partial charge >= 0.3 is 6.03 Å². The minimum Gasteiger partial charge on any atom is -0.486 e. The fraction of sp³-hybridized carbons (Fsp3) is 0.500. The van der Waals surface area contributed by atoms with Crippen molar-refractivity contribution in [2.24, 2.45) is 0 Å². The number of benzene rings is 1. The lowest BCUT2D eigenvalue weighted by Gasteiger charge is -2.28. The molecule has 0 bridgehead atoms. The molecule has 144 valence electrons. The third-order valence-corrected chi connectivity index (χ3v) is 4.92. The first-order valence-corrected chi connectivity index (χ1v) is 9.46. The highest BCUT2D eigenvalue weighted by molar-refractivity contribution is 5.90. The quantitative estimate of drug-likeness (QED) is 0.847. The van der Waals surface area contributed by atoms with Gasteiger partial charge in [-0.2, -0.15) is 5.10 Å². The molecular weight excluding hydrogens is 344 g/mol. The van der Waals surface area contributed by atoms with Crippen LogP contribution in [0.5, 0.6) is 11.5 Å². The van der Waals surface area contributed by atoms with Gasteiger partial charge in [0, 0.05) is 23.0 Å². The summed E-state index contributed by atoms with van der Waals surface area (Å²) in [7, 11) is 0. The summed E-state index contributed by atoms with van der Waals surface area (Å²) in [5, 5.41) is 10.6. The second kappa shape index (κ2) is 6.79. The predicted octanol–water partition coefficient (Wildman–Crippen LogP) is 3.61. The number of carbonyl (C=O) groups excluding carboxylic acids is 1. The van der Waals surface area contributed by atoms with E-state index in [1.165, 1.54) is 5.69 Å². The molecule has 7 heteroatoms. The molecule has 1 aromatic heterocycles. The van der Waals surface area contributed by atoms with Crippen LogP contribution in [-0.4, -0.2) is 29.0 Å². The van der Waals surface area contributed by atoms with Gasteiger partial charge in [-0.15, -0.1) is 0 Å². The van der Waals surface area contributed by atoms with E-state index < -0.39 is 0 Å². The maximum atomic E-state index is 12.5. The Hall–Kier alpha value is -2.70. The normalized spacial score (nSPS) is 18.6. The fourth-order valence-corrected chi connectivity index (χ4v) is 3.73. The number of nitrogens with zero attached hydrogens (tertiary/aromatic N) is 2. The summed E-state index contributed by atoms with van der Waals surface area (Å²) in [6, 6.07) is 5.17. The van der Waals surface area contributed by atoms with Crippen molar-refractivity contribution in [1.29, 1.82) is 0 Å². The molecule has 0 fully saturated rings. The van der Waals surface area contributed by atoms with Crippen molar-refractivity contribution in [1.82, 2.24) is 15.1 Å². The third kappa shape index (κ3) is 3.59. The van der Waals surface area contributed by atoms with Crippen LogP contribution < -0.4 is 20.1 Å². The zero-order valence-corrected chi connectivity index (χ0v) is 16.0. The third-order valence-electron chi connectivity index (χ3n) is 4.92. The topological polar surface area (TPSA) is 77.4 Å². The SMILES string of the molecule is CC(C)(C)n1ncc2c1CCC[C@@H]2NC(=O)Nc1ccc2c(c1)OCCO2. The lowest BCUT2D eigenvalue weighted by molar-refractivity contribution is 0.171. The number of rotatable bonds is 2. The molecule has 1 atom stereocenters. The Labute approximate surface area is 159 Å². The number of urea groups is 1. The molecule has 1 aromatic carbocycles. The number of hydrogen-bond donors (Lipinski definition) is 2. The van der Waals surface area contributed by atoms with Crippen LogP contribution in [0.15, 0.2) is 24.4 Å². The summed E-state index contributed by atoms with van der Waals surface area (Å²) in [6.07, 6.45) is 4.84. The van der Waals surface area contributed by atoms with Crippen LogP contribution in [0, 0.1) is 0 Å². The van der Waals surface area contributed by atoms with Crippen LogP contribution in [0.4, 0.5) is 10.5 Å². The van der Waals surface area contributed by atoms with Crippen LogP contribution in [0.3, 0.4) is 0 Å². The van der Waals surface area contributed by atoms with Crippen LogP contribution in [-0.2, 0) is 12.0 Å². The van der Waals surface area contributed by atoms with Crippen molar-refractivity contribution in [2.45, 2.75) is 51.6 Å². The zero-order valence-electron chi connectivity index (χ0n) is 16.0. The van der Waals surface area contributed by atoms with E-state index in [2.05, 4.69) is 41.2 Å². The minimum atomic E-state index is -0.229. The summed E-state index contributed by atoms with van der Waals surface area (Å²) in [6.45, 7) is 7.50. The van der Waals surface area contributed by atoms with E-state index >= 15 is 0 Å². The van der Waals surface area contributed by atoms with Crippen LogP contribution in [0.25, 0.3) is 0 Å². The van der Waals surface area contributed by atoms with Crippen molar-refractivity contribution < 1.29 is 14.3 Å². The maximum Gasteiger partial charge on any atom is 0.319 e. The first-order valence-electron chi connectivity index (χ1n) is 9.46. The van der Waals surface area contributed by atoms with E-state index in [0.717, 1.165) is 24.8 Å². The monoisotopic (exact) mass is 370 g/mol. The smallest absolute Gasteiger partial charge is 0.319 e. The van der Waals surface area contributed by atoms with Crippen LogP contribution >= 0.6 is 0 Å². The van der Waals surface area contributed by atoms with Gasteiger partial charge in [-0.1, -0.05) is 0 Å². The number of hydrogen-bond acceptors (Lipinski definition) is 4. The Morgan fingerprint density at radius 1 is 1.22 bits per heavy atom. The number of nitrogens with one attached hydrogen (secondary N) is 2. The number of anilines is 1. The van der Waals surface area contributed by atoms with E-state index in [-0.39, 0.29) is 17.6 Å². The molecule has 2 N–H and O–H groups in total. The van der Waals surface area contributed by atoms with Gasteiger partial charge in [-0.25, -0.2) is 4.79 Å². The van der Waals surface area contributed by atoms with Gasteiger partial charge in [-0.05, 0) is 52.2 Å². The molecule has 2 aliphatic rings. The van der Waals surface area contributed by atoms with E-state index in [0.29, 0.717) is 30.4 Å². The number of amides is 2. The van der Waals surface area contributed by atoms with Crippen LogP contribution in [0.2, 0.25) is 0 Å². The van der Waals surface area contributed by atoms with E-state index in [4.69, 9.17) is 9.47 Å². The van der Waals surface area contributed by atoms with Crippen molar-refractivity contribution >= 4 is 11.7 Å². The van der Waals surface area contributed by atoms with Crippen molar-refractivity contribution in [3.8, 4) is 11.5 Å². The van der Waals surface area contributed by atoms with E-state index in [9.17, 15) is 4.79 Å². The highest BCUT2D eigenvalue weighted by Gasteiger charge is 2.29.